The Balaban J connectivity index is 0.528. The Kier molecular flexibility index (Phi) is 40.4. The maximum Gasteiger partial charge on any atom is 0.345 e. The molecule has 1 fully saturated rings. The smallest absolute Gasteiger partial charge is 0.345 e. The molecule has 3 aliphatic heterocycles. The van der Waals surface area contributed by atoms with Crippen molar-refractivity contribution < 1.29 is 140 Å². The second-order valence-electron chi connectivity index (χ2n) is 32.3. The molecule has 5 heterocycles. The van der Waals surface area contributed by atoms with Gasteiger partial charge in [0.15, 0.2) is 23.7 Å². The number of anilines is 2. The quantitative estimate of drug-likeness (QED) is 0.00582. The lowest BCUT2D eigenvalue weighted by atomic mass is 9.89. The van der Waals surface area contributed by atoms with Crippen LogP contribution in [0, 0.1) is 13.8 Å². The van der Waals surface area contributed by atoms with Gasteiger partial charge in [-0.3, -0.25) is 71.7 Å². The van der Waals surface area contributed by atoms with Crippen LogP contribution in [0.2, 0.25) is 0 Å². The van der Waals surface area contributed by atoms with Crippen LogP contribution in [0.15, 0.2) is 109 Å². The van der Waals surface area contributed by atoms with E-state index in [2.05, 4.69) is 78.5 Å². The number of oxime groups is 1. The topological polar surface area (TPSA) is 689 Å². The monoisotopic (exact) mass is 2040 g/mol. The van der Waals surface area contributed by atoms with E-state index in [0.29, 0.717) is 118 Å². The lowest BCUT2D eigenvalue weighted by molar-refractivity contribution is -0.133. The van der Waals surface area contributed by atoms with Crippen molar-refractivity contribution in [2.75, 3.05) is 161 Å². The number of primary amides is 1. The normalized spacial score (nSPS) is 14.9. The molecule has 0 saturated carbocycles. The van der Waals surface area contributed by atoms with Crippen molar-refractivity contribution in [3.63, 3.8) is 0 Å². The second kappa shape index (κ2) is 52.7. The molecule has 0 radical (unpaired) electrons. The molecule has 11 rings (SSSR count). The summed E-state index contributed by atoms with van der Waals surface area (Å²) in [6.45, 7) is 4.52. The van der Waals surface area contributed by atoms with Crippen LogP contribution in [0.1, 0.15) is 106 Å². The summed E-state index contributed by atoms with van der Waals surface area (Å²) in [6, 6.07) is 18.4. The number of ether oxygens (including phenoxy) is 8. The number of aryl methyl sites for hydroxylation is 3. The largest absolute Gasteiger partial charge is 0.496 e. The zero-order chi connectivity index (χ0) is 102. The van der Waals surface area contributed by atoms with Gasteiger partial charge in [0, 0.05) is 115 Å². The number of rotatable bonds is 57. The number of fused-ring (bicyclic) bond motifs is 9. The van der Waals surface area contributed by atoms with E-state index in [1.807, 2.05) is 51.2 Å². The van der Waals surface area contributed by atoms with E-state index in [0.717, 1.165) is 46.1 Å². The highest BCUT2D eigenvalue weighted by molar-refractivity contribution is 8.00. The zero-order valence-electron chi connectivity index (χ0n) is 78.1. The molecule has 2 aliphatic carbocycles. The van der Waals surface area contributed by atoms with Crippen molar-refractivity contribution in [3.05, 3.63) is 145 Å². The Bertz CT molecular complexity index is 6300. The van der Waals surface area contributed by atoms with Gasteiger partial charge in [0.1, 0.15) is 66.0 Å². The number of carbonyl (C=O) groups is 12. The molecule has 1 saturated heterocycles. The average molecular weight is 2040 g/mol. The lowest BCUT2D eigenvalue weighted by Crippen LogP contribution is -2.54. The third-order valence-corrected chi connectivity index (χ3v) is 25.4. The molecule has 6 aromatic rings. The summed E-state index contributed by atoms with van der Waals surface area (Å²) < 4.78 is 129. The van der Waals surface area contributed by atoms with Gasteiger partial charge in [-0.2, -0.15) is 16.8 Å². The maximum atomic E-state index is 13.9. The highest BCUT2D eigenvalue weighted by Crippen LogP contribution is 2.51. The number of amides is 11. The highest BCUT2D eigenvalue weighted by atomic mass is 32.2. The molecule has 49 nitrogen and oxygen atoms in total. The van der Waals surface area contributed by atoms with Crippen molar-refractivity contribution in [2.45, 2.75) is 114 Å². The summed E-state index contributed by atoms with van der Waals surface area (Å²) in [5.41, 5.74) is 13.0. The summed E-state index contributed by atoms with van der Waals surface area (Å²) in [6.07, 6.45) is 3.38. The molecule has 2 aromatic heterocycles. The number of hydrogen-bond donors (Lipinski definition) is 15. The lowest BCUT2D eigenvalue weighted by Gasteiger charge is -2.22. The molecule has 17 N–H and O–H groups in total. The Morgan fingerprint density at radius 1 is 0.669 bits per heavy atom. The van der Waals surface area contributed by atoms with Crippen molar-refractivity contribution in [3.8, 4) is 33.9 Å². The molecule has 4 aromatic carbocycles. The minimum atomic E-state index is -5.41. The summed E-state index contributed by atoms with van der Waals surface area (Å²) in [5.74, 6) is -4.50. The molecular formula is C90H112N18O31S3. The first-order chi connectivity index (χ1) is 68.1. The van der Waals surface area contributed by atoms with Gasteiger partial charge < -0.3 is 116 Å². The molecule has 2 unspecified atom stereocenters. The van der Waals surface area contributed by atoms with Gasteiger partial charge in [-0.1, -0.05) is 28.6 Å². The van der Waals surface area contributed by atoms with E-state index < -0.39 is 172 Å². The first-order valence-electron chi connectivity index (χ1n) is 45.1. The predicted octanol–water partition coefficient (Wildman–Crippen LogP) is -0.280. The predicted molar refractivity (Wildman–Crippen MR) is 509 cm³/mol. The number of nitrogens with zero attached hydrogens (tertiary/aromatic N) is 5. The van der Waals surface area contributed by atoms with E-state index >= 15 is 0 Å². The number of carbonyl (C=O) groups excluding carboxylic acids is 12. The number of methoxy groups -OCH3 is 1. The molecule has 142 heavy (non-hydrogen) atoms. The van der Waals surface area contributed by atoms with E-state index in [1.54, 1.807) is 36.5 Å². The van der Waals surface area contributed by atoms with Gasteiger partial charge in [0.2, 0.25) is 53.5 Å². The first kappa shape index (κ1) is 109. The highest BCUT2D eigenvalue weighted by Gasteiger charge is 2.44. The molecule has 11 amide bonds. The van der Waals surface area contributed by atoms with Crippen molar-refractivity contribution >= 4 is 142 Å². The zero-order valence-corrected chi connectivity index (χ0v) is 80.6. The minimum Gasteiger partial charge on any atom is -0.496 e. The number of nitrogens with two attached hydrogens (primary N) is 2. The van der Waals surface area contributed by atoms with Gasteiger partial charge in [0.25, 0.3) is 38.0 Å². The Morgan fingerprint density at radius 2 is 1.36 bits per heavy atom. The SMILES string of the molecule is CCN=c1cc2oc3cc(NCC)c(C)cc3c(-c3ccccc3C(=O)OCC(=O)NCC(C(=O)NCC(C(=O)NCCNC(=O)c3ccc(NC(=O)CSC[C@H](NC(=O)[C@H](CCCCNC(=O)CON)NC(=O)COCCOCCNC(=O)COCCOCCn4cc(CNC(=O)CO/N=C5/CCc6c5c(=O)oc5c7c(cc(OC)c65)O[C@@H]5OCC[C@H]75)nn4)C(N)=O)cc3)S(=O)(=O)O)S(=O)(=O)O)c-2cc1C. The summed E-state index contributed by atoms with van der Waals surface area (Å²) in [7, 11) is -9.25. The number of unbranched alkanes of at least 4 members (excludes halogenated alkanes) is 1. The van der Waals surface area contributed by atoms with E-state index in [1.165, 1.54) is 42.1 Å². The van der Waals surface area contributed by atoms with Gasteiger partial charge in [-0.25, -0.2) is 20.2 Å². The van der Waals surface area contributed by atoms with Crippen LogP contribution >= 0.6 is 11.8 Å². The van der Waals surface area contributed by atoms with Crippen LogP contribution in [-0.2, 0) is 126 Å². The van der Waals surface area contributed by atoms with Crippen molar-refractivity contribution in [1.82, 2.24) is 62.8 Å². The minimum absolute atomic E-state index is 0.00824. The number of nitrogens with one attached hydrogen (secondary N) is 11. The fourth-order valence-electron chi connectivity index (χ4n) is 15.4. The fourth-order valence-corrected chi connectivity index (χ4v) is 17.5. The molecule has 766 valence electrons. The molecular weight excluding hydrogens is 1930 g/mol. The van der Waals surface area contributed by atoms with E-state index in [4.69, 9.17) is 63.2 Å². The number of thioether (sulfide) groups is 1. The fraction of sp³-hybridized carbons (Fsp3) is 0.456. The van der Waals surface area contributed by atoms with Crippen LogP contribution in [0.4, 0.5) is 11.4 Å². The van der Waals surface area contributed by atoms with Crippen LogP contribution < -0.4 is 90.6 Å². The first-order valence-corrected chi connectivity index (χ1v) is 49.2. The van der Waals surface area contributed by atoms with Gasteiger partial charge in [-0.05, 0) is 131 Å². The number of aromatic nitrogens is 3. The third kappa shape index (κ3) is 30.7. The summed E-state index contributed by atoms with van der Waals surface area (Å²) >= 11 is 0.907. The van der Waals surface area contributed by atoms with Gasteiger partial charge >= 0.3 is 11.6 Å². The van der Waals surface area contributed by atoms with E-state index in [9.17, 15) is 88.3 Å². The molecule has 0 bridgehead atoms. The van der Waals surface area contributed by atoms with Crippen LogP contribution in [0.25, 0.3) is 44.4 Å². The molecule has 0 spiro atoms. The molecule has 5 aliphatic rings. The summed E-state index contributed by atoms with van der Waals surface area (Å²) in [4.78, 5) is 184. The number of esters is 1. The third-order valence-electron chi connectivity index (χ3n) is 22.2. The van der Waals surface area contributed by atoms with E-state index in [-0.39, 0.29) is 125 Å². The van der Waals surface area contributed by atoms with Crippen LogP contribution in [-0.4, -0.2) is 297 Å². The standard InChI is InChI=1S/C90H112N18O31S3/c1-6-93-63-36-66-59(34-50(63)3)78(60-35-51(4)64(94-7-2)37-67(60)137-66)55-12-8-9-13-56(55)88(120)134-45-73(110)100-40-70(141(122,123)124)87(119)101-41-71(142(125,126)127)86(118)98-24-23-97-84(116)52-15-17-53(18-16-52)102-77(114)49-140-48-65(83(91)115)104-85(117)62(14-10-11-22-95-74(111)46-135-92)103-76(113)44-132-32-30-129-28-25-96-72(109)43-131-33-31-130-29-26-108-42-54(105-107-108)39-99-75(112)47-136-106-61-20-19-57-79(61)89(121)139-82-80(57)68(128-5)38-69-81(82)58-21-27-133-90(58)138-69/h8-9,12-13,15-18,34-38,42,58,62,65,70-71,90,93H,6-7,10-11,14,19-33,39-41,43-49,92H2,1-5H3,(H2,91,115)(H,95,111)(H,96,109)(H,97,116)(H,98,118)(H,99,112)(H,100,110)(H,101,119)(H,102,114)(H,103,113)(H,104,117)(H,122,123,124)(H,125,126,127)/b94-64?,106-61-/t58-,62+,65+,70?,71?,90+/m1/s1. The average Bonchev–Trinajstić information content (AvgIpc) is 1.42. The van der Waals surface area contributed by atoms with Gasteiger partial charge in [0.05, 0.1) is 112 Å². The van der Waals surface area contributed by atoms with Crippen LogP contribution in [0.3, 0.4) is 0 Å². The Morgan fingerprint density at radius 3 is 2.08 bits per heavy atom. The Labute approximate surface area is 816 Å². The molecule has 52 heteroatoms. The van der Waals surface area contributed by atoms with Gasteiger partial charge in [-0.15, -0.1) is 16.9 Å². The van der Waals surface area contributed by atoms with Crippen LogP contribution in [0.5, 0.6) is 11.5 Å². The van der Waals surface area contributed by atoms with Crippen molar-refractivity contribution in [2.24, 2.45) is 21.8 Å². The second-order valence-corrected chi connectivity index (χ2v) is 36.5. The number of benzene rings is 5. The summed E-state index contributed by atoms with van der Waals surface area (Å²) in [5, 5.41) is 36.7. The maximum absolute atomic E-state index is 13.9. The molecule has 6 atom stereocenters. The van der Waals surface area contributed by atoms with Crippen molar-refractivity contribution in [1.29, 1.82) is 0 Å². The Hall–Kier alpha value is -13.7. The number of hydrogen-bond acceptors (Lipinski definition) is 36.